The van der Waals surface area contributed by atoms with Crippen LogP contribution >= 0.6 is 0 Å². The molecular formula is C20H27N5O3. The van der Waals surface area contributed by atoms with Crippen LogP contribution in [0.4, 0.5) is 0 Å². The molecule has 8 nitrogen and oxygen atoms in total. The molecule has 1 fully saturated rings. The van der Waals surface area contributed by atoms with E-state index in [0.29, 0.717) is 31.7 Å². The van der Waals surface area contributed by atoms with Crippen LogP contribution in [0.5, 0.6) is 5.75 Å². The number of aromatic nitrogens is 2. The minimum atomic E-state index is -0.666. The van der Waals surface area contributed by atoms with Crippen LogP contribution in [-0.4, -0.2) is 47.8 Å². The van der Waals surface area contributed by atoms with E-state index in [1.807, 2.05) is 37.4 Å². The number of carbonyl (C=O) groups excluding carboxylic acids is 2. The quantitative estimate of drug-likeness (QED) is 0.624. The van der Waals surface area contributed by atoms with E-state index in [1.54, 1.807) is 16.9 Å². The van der Waals surface area contributed by atoms with E-state index in [2.05, 4.69) is 21.0 Å². The highest BCUT2D eigenvalue weighted by atomic mass is 16.5. The molecule has 0 unspecified atom stereocenters. The fourth-order valence-electron chi connectivity index (χ4n) is 3.41. The monoisotopic (exact) mass is 385 g/mol. The van der Waals surface area contributed by atoms with Crippen molar-refractivity contribution >= 4 is 11.8 Å². The number of nitrogens with one attached hydrogen (secondary N) is 3. The van der Waals surface area contributed by atoms with Crippen molar-refractivity contribution in [2.24, 2.45) is 0 Å². The first-order chi connectivity index (χ1) is 13.6. The van der Waals surface area contributed by atoms with Crippen LogP contribution in [-0.2, 0) is 21.7 Å². The maximum absolute atomic E-state index is 13.1. The average Bonchev–Trinajstić information content (AvgIpc) is 3.27. The lowest BCUT2D eigenvalue weighted by Gasteiger charge is -2.36. The maximum atomic E-state index is 13.1. The zero-order chi connectivity index (χ0) is 19.8. The van der Waals surface area contributed by atoms with Crippen molar-refractivity contribution in [3.8, 4) is 5.75 Å². The lowest BCUT2D eigenvalue weighted by atomic mass is 9.87. The highest BCUT2D eigenvalue weighted by Crippen LogP contribution is 2.27. The van der Waals surface area contributed by atoms with Gasteiger partial charge in [0.25, 0.3) is 5.91 Å². The van der Waals surface area contributed by atoms with Gasteiger partial charge in [0.15, 0.2) is 6.61 Å². The lowest BCUT2D eigenvalue weighted by Crippen LogP contribution is -2.54. The van der Waals surface area contributed by atoms with Crippen molar-refractivity contribution in [3.63, 3.8) is 0 Å². The molecule has 8 heteroatoms. The highest BCUT2D eigenvalue weighted by Gasteiger charge is 2.41. The molecule has 0 aliphatic carbocycles. The average molecular weight is 385 g/mol. The number of benzene rings is 1. The summed E-state index contributed by atoms with van der Waals surface area (Å²) in [5.74, 6) is 0.404. The van der Waals surface area contributed by atoms with E-state index in [4.69, 9.17) is 4.74 Å². The second-order valence-electron chi connectivity index (χ2n) is 6.80. The molecule has 0 radical (unpaired) electrons. The molecule has 2 amide bonds. The smallest absolute Gasteiger partial charge is 0.257 e. The van der Waals surface area contributed by atoms with Crippen molar-refractivity contribution in [3.05, 3.63) is 48.3 Å². The molecule has 2 aromatic rings. The minimum Gasteiger partial charge on any atom is -0.484 e. The van der Waals surface area contributed by atoms with E-state index < -0.39 is 5.54 Å². The van der Waals surface area contributed by atoms with Gasteiger partial charge in [-0.3, -0.25) is 14.3 Å². The van der Waals surface area contributed by atoms with Gasteiger partial charge in [0.1, 0.15) is 11.3 Å². The summed E-state index contributed by atoms with van der Waals surface area (Å²) in [6, 6.07) is 9.24. The van der Waals surface area contributed by atoms with E-state index in [0.717, 1.165) is 18.7 Å². The van der Waals surface area contributed by atoms with Crippen molar-refractivity contribution in [2.75, 3.05) is 26.2 Å². The van der Waals surface area contributed by atoms with Crippen molar-refractivity contribution < 1.29 is 14.3 Å². The summed E-state index contributed by atoms with van der Waals surface area (Å²) in [6.45, 7) is 4.33. The molecule has 1 aromatic heterocycles. The Morgan fingerprint density at radius 1 is 1.25 bits per heavy atom. The van der Waals surface area contributed by atoms with E-state index in [-0.39, 0.29) is 18.4 Å². The largest absolute Gasteiger partial charge is 0.484 e. The Labute approximate surface area is 164 Å². The van der Waals surface area contributed by atoms with Gasteiger partial charge in [0, 0.05) is 25.5 Å². The summed E-state index contributed by atoms with van der Waals surface area (Å²) in [5.41, 5.74) is 0.243. The molecular weight excluding hydrogens is 358 g/mol. The predicted molar refractivity (Wildman–Crippen MR) is 105 cm³/mol. The third-order valence-corrected chi connectivity index (χ3v) is 4.89. The fraction of sp³-hybridized carbons (Fsp3) is 0.450. The standard InChI is InChI=1S/C20H27N5O3/c1-2-22-18(26)15-28-17-6-3-5-16(13-17)14-23-19(27)20(7-10-21-11-8-20)25-12-4-9-24-25/h3-6,9,12-13,21H,2,7-8,10-11,14-15H2,1H3,(H,22,26)(H,23,27). The fourth-order valence-corrected chi connectivity index (χ4v) is 3.41. The van der Waals surface area contributed by atoms with Crippen LogP contribution in [0.3, 0.4) is 0 Å². The zero-order valence-electron chi connectivity index (χ0n) is 16.1. The Balaban J connectivity index is 1.62. The van der Waals surface area contributed by atoms with Gasteiger partial charge in [-0.25, -0.2) is 0 Å². The number of carbonyl (C=O) groups is 2. The van der Waals surface area contributed by atoms with E-state index >= 15 is 0 Å². The second kappa shape index (κ2) is 9.36. The predicted octanol–water partition coefficient (Wildman–Crippen LogP) is 0.793. The summed E-state index contributed by atoms with van der Waals surface area (Å²) in [4.78, 5) is 24.6. The van der Waals surface area contributed by atoms with Gasteiger partial charge >= 0.3 is 0 Å². The van der Waals surface area contributed by atoms with E-state index in [9.17, 15) is 9.59 Å². The Hall–Kier alpha value is -2.87. The van der Waals surface area contributed by atoms with Crippen LogP contribution in [0.25, 0.3) is 0 Å². The van der Waals surface area contributed by atoms with Gasteiger partial charge < -0.3 is 20.7 Å². The number of piperidine rings is 1. The molecule has 3 rings (SSSR count). The van der Waals surface area contributed by atoms with Crippen LogP contribution in [0.1, 0.15) is 25.3 Å². The van der Waals surface area contributed by atoms with Crippen molar-refractivity contribution in [1.29, 1.82) is 0 Å². The molecule has 0 bridgehead atoms. The SMILES string of the molecule is CCNC(=O)COc1cccc(CNC(=O)C2(n3cccn3)CCNCC2)c1. The summed E-state index contributed by atoms with van der Waals surface area (Å²) in [5, 5.41) is 13.4. The van der Waals surface area contributed by atoms with Crippen LogP contribution < -0.4 is 20.7 Å². The topological polar surface area (TPSA) is 97.3 Å². The maximum Gasteiger partial charge on any atom is 0.257 e. The molecule has 0 spiro atoms. The van der Waals surface area contributed by atoms with Crippen LogP contribution in [0.15, 0.2) is 42.7 Å². The van der Waals surface area contributed by atoms with Gasteiger partial charge in [0.05, 0.1) is 0 Å². The van der Waals surface area contributed by atoms with Crippen LogP contribution in [0, 0.1) is 0 Å². The summed E-state index contributed by atoms with van der Waals surface area (Å²) < 4.78 is 7.29. The van der Waals surface area contributed by atoms with Gasteiger partial charge in [-0.05, 0) is 56.6 Å². The first-order valence-corrected chi connectivity index (χ1v) is 9.61. The molecule has 0 atom stereocenters. The first kappa shape index (κ1) is 19.9. The Morgan fingerprint density at radius 3 is 2.79 bits per heavy atom. The molecule has 3 N–H and O–H groups in total. The molecule has 28 heavy (non-hydrogen) atoms. The zero-order valence-corrected chi connectivity index (χ0v) is 16.1. The third kappa shape index (κ3) is 4.69. The lowest BCUT2D eigenvalue weighted by molar-refractivity contribution is -0.132. The second-order valence-corrected chi connectivity index (χ2v) is 6.80. The molecule has 1 aromatic carbocycles. The van der Waals surface area contributed by atoms with Crippen molar-refractivity contribution in [2.45, 2.75) is 31.8 Å². The van der Waals surface area contributed by atoms with Crippen LogP contribution in [0.2, 0.25) is 0 Å². The highest BCUT2D eigenvalue weighted by molar-refractivity contribution is 5.84. The number of likely N-dealkylation sites (N-methyl/N-ethyl adjacent to an activating group) is 1. The number of hydrogen-bond donors (Lipinski definition) is 3. The third-order valence-electron chi connectivity index (χ3n) is 4.89. The van der Waals surface area contributed by atoms with Crippen molar-refractivity contribution in [1.82, 2.24) is 25.7 Å². The molecule has 0 saturated carbocycles. The Kier molecular flexibility index (Phi) is 6.65. The molecule has 1 aliphatic heterocycles. The van der Waals surface area contributed by atoms with Gasteiger partial charge in [0.2, 0.25) is 5.91 Å². The normalized spacial score (nSPS) is 15.6. The summed E-state index contributed by atoms with van der Waals surface area (Å²) >= 11 is 0. The number of hydrogen-bond acceptors (Lipinski definition) is 5. The van der Waals surface area contributed by atoms with Gasteiger partial charge in [-0.2, -0.15) is 5.10 Å². The first-order valence-electron chi connectivity index (χ1n) is 9.61. The van der Waals surface area contributed by atoms with E-state index in [1.165, 1.54) is 0 Å². The summed E-state index contributed by atoms with van der Waals surface area (Å²) in [7, 11) is 0. The molecule has 2 heterocycles. The van der Waals surface area contributed by atoms with Gasteiger partial charge in [-0.15, -0.1) is 0 Å². The number of ether oxygens (including phenoxy) is 1. The van der Waals surface area contributed by atoms with Gasteiger partial charge in [-0.1, -0.05) is 12.1 Å². The number of rotatable bonds is 8. The Morgan fingerprint density at radius 2 is 2.07 bits per heavy atom. The molecule has 150 valence electrons. The number of amides is 2. The molecule has 1 saturated heterocycles. The molecule has 1 aliphatic rings. The Bertz CT molecular complexity index is 785. The number of nitrogens with zero attached hydrogens (tertiary/aromatic N) is 2. The minimum absolute atomic E-state index is 0.0287. The summed E-state index contributed by atoms with van der Waals surface area (Å²) in [6.07, 6.45) is 4.93.